The third-order valence-electron chi connectivity index (χ3n) is 4.49. The maximum Gasteiger partial charge on any atom is 0.221 e. The molecule has 146 valence electrons. The summed E-state index contributed by atoms with van der Waals surface area (Å²) in [7, 11) is 3.21. The van der Waals surface area contributed by atoms with Crippen LogP contribution in [0.3, 0.4) is 0 Å². The lowest BCUT2D eigenvalue weighted by Gasteiger charge is -2.19. The second kappa shape index (κ2) is 9.62. The first-order valence-electron chi connectivity index (χ1n) is 8.89. The molecule has 0 fully saturated rings. The van der Waals surface area contributed by atoms with Crippen LogP contribution in [0.5, 0.6) is 11.5 Å². The number of aryl methyl sites for hydroxylation is 1. The predicted molar refractivity (Wildman–Crippen MR) is 114 cm³/mol. The van der Waals surface area contributed by atoms with Crippen molar-refractivity contribution in [2.45, 2.75) is 18.9 Å². The summed E-state index contributed by atoms with van der Waals surface area (Å²) >= 11 is 7.61. The highest BCUT2D eigenvalue weighted by Gasteiger charge is 2.18. The zero-order valence-corrected chi connectivity index (χ0v) is 17.3. The van der Waals surface area contributed by atoms with Gasteiger partial charge in [0.25, 0.3) is 0 Å². The topological polar surface area (TPSA) is 47.6 Å². The molecule has 3 aromatic rings. The molecule has 3 rings (SSSR count). The Hall–Kier alpha value is -2.50. The van der Waals surface area contributed by atoms with Gasteiger partial charge in [0.2, 0.25) is 5.91 Å². The Balaban J connectivity index is 1.72. The molecule has 1 unspecified atom stereocenters. The maximum absolute atomic E-state index is 12.7. The van der Waals surface area contributed by atoms with E-state index in [9.17, 15) is 4.79 Å². The van der Waals surface area contributed by atoms with E-state index in [4.69, 9.17) is 21.1 Å². The van der Waals surface area contributed by atoms with Crippen LogP contribution in [-0.4, -0.2) is 20.1 Å². The summed E-state index contributed by atoms with van der Waals surface area (Å²) in [5, 5.41) is 7.87. The van der Waals surface area contributed by atoms with Crippen molar-refractivity contribution < 1.29 is 14.3 Å². The highest BCUT2D eigenvalue weighted by molar-refractivity contribution is 7.08. The molecule has 0 saturated carbocycles. The van der Waals surface area contributed by atoms with Crippen LogP contribution in [0.25, 0.3) is 0 Å². The highest BCUT2D eigenvalue weighted by Crippen LogP contribution is 2.31. The van der Waals surface area contributed by atoms with Gasteiger partial charge < -0.3 is 14.8 Å². The number of benzene rings is 2. The molecule has 6 heteroatoms. The smallest absolute Gasteiger partial charge is 0.221 e. The summed E-state index contributed by atoms with van der Waals surface area (Å²) in [6.45, 7) is 0. The number of para-hydroxylation sites is 1. The SMILES string of the molecule is COc1cccc(CCC(=O)NC(c2ccc(Cl)cc2)c2ccsc2)c1OC. The minimum absolute atomic E-state index is 0.0315. The lowest BCUT2D eigenvalue weighted by atomic mass is 10.0. The quantitative estimate of drug-likeness (QED) is 0.546. The summed E-state index contributed by atoms with van der Waals surface area (Å²) in [6, 6.07) is 15.1. The Morgan fingerprint density at radius 2 is 1.86 bits per heavy atom. The third kappa shape index (κ3) is 4.86. The first-order chi connectivity index (χ1) is 13.6. The van der Waals surface area contributed by atoms with Crippen LogP contribution < -0.4 is 14.8 Å². The van der Waals surface area contributed by atoms with E-state index in [1.165, 1.54) is 0 Å². The Morgan fingerprint density at radius 3 is 2.50 bits per heavy atom. The van der Waals surface area contributed by atoms with Crippen molar-refractivity contribution in [3.63, 3.8) is 0 Å². The van der Waals surface area contributed by atoms with Gasteiger partial charge in [-0.05, 0) is 58.1 Å². The van der Waals surface area contributed by atoms with E-state index in [1.807, 2.05) is 59.3 Å². The Bertz CT molecular complexity index is 910. The minimum Gasteiger partial charge on any atom is -0.493 e. The molecule has 2 aromatic carbocycles. The van der Waals surface area contributed by atoms with Crippen LogP contribution in [0.15, 0.2) is 59.3 Å². The van der Waals surface area contributed by atoms with Crippen LogP contribution in [0.4, 0.5) is 0 Å². The fourth-order valence-corrected chi connectivity index (χ4v) is 3.90. The molecule has 0 spiro atoms. The van der Waals surface area contributed by atoms with Gasteiger partial charge >= 0.3 is 0 Å². The number of carbonyl (C=O) groups is 1. The number of halogens is 1. The standard InChI is InChI=1S/C22H22ClNO3S/c1-26-19-5-3-4-16(22(19)27-2)8-11-20(25)24-21(17-12-13-28-14-17)15-6-9-18(23)10-7-15/h3-7,9-10,12-14,21H,8,11H2,1-2H3,(H,24,25). The average molecular weight is 416 g/mol. The highest BCUT2D eigenvalue weighted by atomic mass is 35.5. The minimum atomic E-state index is -0.205. The summed E-state index contributed by atoms with van der Waals surface area (Å²) in [6.07, 6.45) is 0.904. The van der Waals surface area contributed by atoms with Crippen LogP contribution in [0.2, 0.25) is 5.02 Å². The number of nitrogens with one attached hydrogen (secondary N) is 1. The summed E-state index contributed by atoms with van der Waals surface area (Å²) in [5.41, 5.74) is 2.99. The molecule has 1 amide bonds. The molecule has 1 heterocycles. The number of hydrogen-bond acceptors (Lipinski definition) is 4. The fourth-order valence-electron chi connectivity index (χ4n) is 3.09. The number of carbonyl (C=O) groups excluding carboxylic acids is 1. The third-order valence-corrected chi connectivity index (χ3v) is 5.44. The summed E-state index contributed by atoms with van der Waals surface area (Å²) in [5.74, 6) is 1.30. The van der Waals surface area contributed by atoms with E-state index in [1.54, 1.807) is 25.6 Å². The normalized spacial score (nSPS) is 11.7. The van der Waals surface area contributed by atoms with E-state index in [0.717, 1.165) is 16.7 Å². The number of methoxy groups -OCH3 is 2. The molecular weight excluding hydrogens is 394 g/mol. The van der Waals surface area contributed by atoms with Crippen molar-refractivity contribution in [3.05, 3.63) is 81.0 Å². The van der Waals surface area contributed by atoms with Crippen molar-refractivity contribution in [2.75, 3.05) is 14.2 Å². The van der Waals surface area contributed by atoms with Crippen LogP contribution in [0, 0.1) is 0 Å². The number of ether oxygens (including phenoxy) is 2. The lowest BCUT2D eigenvalue weighted by molar-refractivity contribution is -0.121. The van der Waals surface area contributed by atoms with Crippen LogP contribution in [0.1, 0.15) is 29.2 Å². The van der Waals surface area contributed by atoms with Crippen molar-refractivity contribution >= 4 is 28.8 Å². The molecule has 1 N–H and O–H groups in total. The first kappa shape index (κ1) is 20.2. The van der Waals surface area contributed by atoms with E-state index >= 15 is 0 Å². The molecule has 0 aliphatic carbocycles. The molecular formula is C22H22ClNO3S. The average Bonchev–Trinajstić information content (AvgIpc) is 3.25. The molecule has 28 heavy (non-hydrogen) atoms. The molecule has 1 aromatic heterocycles. The fraction of sp³-hybridized carbons (Fsp3) is 0.227. The van der Waals surface area contributed by atoms with E-state index in [2.05, 4.69) is 5.32 Å². The van der Waals surface area contributed by atoms with Crippen LogP contribution in [-0.2, 0) is 11.2 Å². The Labute approximate surface area is 174 Å². The molecule has 0 saturated heterocycles. The van der Waals surface area contributed by atoms with E-state index < -0.39 is 0 Å². The molecule has 0 bridgehead atoms. The second-order valence-corrected chi connectivity index (χ2v) is 7.48. The number of rotatable bonds is 8. The number of hydrogen-bond donors (Lipinski definition) is 1. The van der Waals surface area contributed by atoms with Gasteiger partial charge in [0.05, 0.1) is 20.3 Å². The second-order valence-electron chi connectivity index (χ2n) is 6.26. The Kier molecular flexibility index (Phi) is 6.95. The van der Waals surface area contributed by atoms with Crippen molar-refractivity contribution in [1.82, 2.24) is 5.32 Å². The van der Waals surface area contributed by atoms with Gasteiger partial charge in [-0.25, -0.2) is 0 Å². The summed E-state index contributed by atoms with van der Waals surface area (Å²) in [4.78, 5) is 12.7. The van der Waals surface area contributed by atoms with Gasteiger partial charge in [0, 0.05) is 11.4 Å². The molecule has 0 radical (unpaired) electrons. The van der Waals surface area contributed by atoms with E-state index in [0.29, 0.717) is 29.4 Å². The van der Waals surface area contributed by atoms with Gasteiger partial charge in [-0.3, -0.25) is 4.79 Å². The summed E-state index contributed by atoms with van der Waals surface area (Å²) < 4.78 is 10.8. The largest absolute Gasteiger partial charge is 0.493 e. The lowest BCUT2D eigenvalue weighted by Crippen LogP contribution is -2.29. The monoisotopic (exact) mass is 415 g/mol. The molecule has 1 atom stereocenters. The van der Waals surface area contributed by atoms with Gasteiger partial charge in [0.15, 0.2) is 11.5 Å². The number of thiophene rings is 1. The Morgan fingerprint density at radius 1 is 1.07 bits per heavy atom. The van der Waals surface area contributed by atoms with Crippen molar-refractivity contribution in [1.29, 1.82) is 0 Å². The predicted octanol–water partition coefficient (Wildman–Crippen LogP) is 5.26. The van der Waals surface area contributed by atoms with Crippen molar-refractivity contribution in [2.24, 2.45) is 0 Å². The first-order valence-corrected chi connectivity index (χ1v) is 10.2. The number of amides is 1. The maximum atomic E-state index is 12.7. The van der Waals surface area contributed by atoms with Gasteiger partial charge in [-0.15, -0.1) is 0 Å². The van der Waals surface area contributed by atoms with E-state index in [-0.39, 0.29) is 11.9 Å². The van der Waals surface area contributed by atoms with Gasteiger partial charge in [0.1, 0.15) is 0 Å². The molecule has 0 aliphatic rings. The van der Waals surface area contributed by atoms with Crippen molar-refractivity contribution in [3.8, 4) is 11.5 Å². The van der Waals surface area contributed by atoms with Gasteiger partial charge in [-0.2, -0.15) is 11.3 Å². The molecule has 0 aliphatic heterocycles. The zero-order valence-electron chi connectivity index (χ0n) is 15.8. The molecule has 4 nitrogen and oxygen atoms in total. The van der Waals surface area contributed by atoms with Crippen LogP contribution >= 0.6 is 22.9 Å². The van der Waals surface area contributed by atoms with Gasteiger partial charge in [-0.1, -0.05) is 35.9 Å². The zero-order chi connectivity index (χ0) is 19.9.